The molecule has 1 aliphatic carbocycles. The number of piperidine rings is 1. The molecule has 130 valence electrons. The Balaban J connectivity index is 1.54. The molecule has 2 aliphatic heterocycles. The molecule has 1 amide bonds. The van der Waals surface area contributed by atoms with Crippen molar-refractivity contribution in [3.63, 3.8) is 0 Å². The zero-order valence-corrected chi connectivity index (χ0v) is 14.3. The molecule has 0 aromatic carbocycles. The smallest absolute Gasteiger partial charge is 0.225 e. The number of pyridine rings is 1. The van der Waals surface area contributed by atoms with Crippen LogP contribution in [0.2, 0.25) is 0 Å². The van der Waals surface area contributed by atoms with Gasteiger partial charge in [-0.05, 0) is 49.8 Å². The molecule has 1 aromatic rings. The second-order valence-corrected chi connectivity index (χ2v) is 7.51. The molecule has 4 rings (SSSR count). The molecule has 2 saturated heterocycles. The van der Waals surface area contributed by atoms with E-state index in [-0.39, 0.29) is 12.0 Å². The lowest BCUT2D eigenvalue weighted by molar-refractivity contribution is -0.140. The van der Waals surface area contributed by atoms with Gasteiger partial charge in [-0.2, -0.15) is 0 Å². The van der Waals surface area contributed by atoms with Crippen LogP contribution < -0.4 is 10.9 Å². The fraction of sp³-hybridized carbons (Fsp3) is 0.684. The number of carbonyl (C=O) groups excluding carboxylic acids is 1. The summed E-state index contributed by atoms with van der Waals surface area (Å²) in [6.45, 7) is 1.85. The predicted octanol–water partition coefficient (Wildman–Crippen LogP) is 2.21. The van der Waals surface area contributed by atoms with E-state index in [4.69, 9.17) is 0 Å². The van der Waals surface area contributed by atoms with Crippen LogP contribution in [-0.4, -0.2) is 41.0 Å². The molecule has 0 radical (unpaired) electrons. The van der Waals surface area contributed by atoms with E-state index in [1.54, 1.807) is 0 Å². The van der Waals surface area contributed by atoms with Gasteiger partial charge in [-0.1, -0.05) is 12.8 Å². The highest BCUT2D eigenvalue weighted by Gasteiger charge is 2.41. The highest BCUT2D eigenvalue weighted by Crippen LogP contribution is 2.34. The van der Waals surface area contributed by atoms with Crippen molar-refractivity contribution in [3.05, 3.63) is 30.1 Å². The van der Waals surface area contributed by atoms with Crippen molar-refractivity contribution < 1.29 is 4.79 Å². The number of nitrogens with one attached hydrogen (secondary N) is 2. The lowest BCUT2D eigenvalue weighted by atomic mass is 9.84. The first-order valence-electron chi connectivity index (χ1n) is 9.53. The Hall–Kier alpha value is -1.46. The second kappa shape index (κ2) is 7.19. The number of carbonyl (C=O) groups is 1. The van der Waals surface area contributed by atoms with Gasteiger partial charge in [-0.3, -0.25) is 20.6 Å². The molecule has 3 aliphatic rings. The SMILES string of the molecule is O=C(C1CCCC1)N1CCCCC1C1NNCC1c1ccncc1. The second-order valence-electron chi connectivity index (χ2n) is 7.51. The van der Waals surface area contributed by atoms with Gasteiger partial charge in [0.1, 0.15) is 0 Å². The van der Waals surface area contributed by atoms with Crippen LogP contribution in [0.15, 0.2) is 24.5 Å². The van der Waals surface area contributed by atoms with E-state index in [9.17, 15) is 4.79 Å². The quantitative estimate of drug-likeness (QED) is 0.893. The minimum absolute atomic E-state index is 0.277. The van der Waals surface area contributed by atoms with Crippen molar-refractivity contribution in [1.82, 2.24) is 20.7 Å². The largest absolute Gasteiger partial charge is 0.338 e. The zero-order valence-electron chi connectivity index (χ0n) is 14.3. The van der Waals surface area contributed by atoms with Gasteiger partial charge in [0.25, 0.3) is 0 Å². The Labute approximate surface area is 144 Å². The van der Waals surface area contributed by atoms with Gasteiger partial charge in [-0.15, -0.1) is 0 Å². The Morgan fingerprint density at radius 2 is 1.83 bits per heavy atom. The van der Waals surface area contributed by atoms with Crippen LogP contribution in [0.1, 0.15) is 56.4 Å². The van der Waals surface area contributed by atoms with Crippen LogP contribution in [0.3, 0.4) is 0 Å². The molecule has 1 aromatic heterocycles. The van der Waals surface area contributed by atoms with Crippen molar-refractivity contribution in [1.29, 1.82) is 0 Å². The van der Waals surface area contributed by atoms with E-state index in [0.717, 1.165) is 38.8 Å². The van der Waals surface area contributed by atoms with Crippen LogP contribution in [0.4, 0.5) is 0 Å². The summed E-state index contributed by atoms with van der Waals surface area (Å²) in [6, 6.07) is 4.81. The van der Waals surface area contributed by atoms with Gasteiger partial charge in [0.2, 0.25) is 5.91 Å². The summed E-state index contributed by atoms with van der Waals surface area (Å²) in [5, 5.41) is 0. The minimum Gasteiger partial charge on any atom is -0.338 e. The van der Waals surface area contributed by atoms with Gasteiger partial charge in [0.15, 0.2) is 0 Å². The van der Waals surface area contributed by atoms with Gasteiger partial charge in [0.05, 0.1) is 0 Å². The average Bonchev–Trinajstić information content (AvgIpc) is 3.33. The first-order valence-corrected chi connectivity index (χ1v) is 9.53. The van der Waals surface area contributed by atoms with Gasteiger partial charge in [-0.25, -0.2) is 0 Å². The maximum absolute atomic E-state index is 13.1. The standard InChI is InChI=1S/C19H28N4O/c24-19(15-5-1-2-6-15)23-12-4-3-7-17(23)18-16(13-21-22-18)14-8-10-20-11-9-14/h8-11,15-18,21-22H,1-7,12-13H2. The number of hydrogen-bond donors (Lipinski definition) is 2. The summed E-state index contributed by atoms with van der Waals surface area (Å²) in [6.07, 6.45) is 11.8. The molecular weight excluding hydrogens is 300 g/mol. The molecule has 2 N–H and O–H groups in total. The summed E-state index contributed by atoms with van der Waals surface area (Å²) in [5.41, 5.74) is 8.14. The van der Waals surface area contributed by atoms with Gasteiger partial charge >= 0.3 is 0 Å². The van der Waals surface area contributed by atoms with Crippen LogP contribution in [0, 0.1) is 5.92 Å². The molecule has 0 bridgehead atoms. The Morgan fingerprint density at radius 3 is 2.62 bits per heavy atom. The van der Waals surface area contributed by atoms with E-state index < -0.39 is 0 Å². The number of hydrazine groups is 1. The van der Waals surface area contributed by atoms with Crippen molar-refractivity contribution in [2.75, 3.05) is 13.1 Å². The van der Waals surface area contributed by atoms with Gasteiger partial charge < -0.3 is 4.90 Å². The summed E-state index contributed by atoms with van der Waals surface area (Å²) < 4.78 is 0. The lowest BCUT2D eigenvalue weighted by Gasteiger charge is -2.42. The third-order valence-electron chi connectivity index (χ3n) is 6.11. The Bertz CT molecular complexity index is 558. The molecule has 3 unspecified atom stereocenters. The lowest BCUT2D eigenvalue weighted by Crippen LogP contribution is -2.56. The monoisotopic (exact) mass is 328 g/mol. The molecule has 3 atom stereocenters. The van der Waals surface area contributed by atoms with Crippen LogP contribution in [0.5, 0.6) is 0 Å². The van der Waals surface area contributed by atoms with Crippen LogP contribution in [0.25, 0.3) is 0 Å². The number of hydrogen-bond acceptors (Lipinski definition) is 4. The fourth-order valence-corrected chi connectivity index (χ4v) is 4.83. The van der Waals surface area contributed by atoms with Crippen molar-refractivity contribution in [2.24, 2.45) is 5.92 Å². The van der Waals surface area contributed by atoms with Crippen LogP contribution in [-0.2, 0) is 4.79 Å². The topological polar surface area (TPSA) is 57.3 Å². The maximum Gasteiger partial charge on any atom is 0.225 e. The fourth-order valence-electron chi connectivity index (χ4n) is 4.83. The van der Waals surface area contributed by atoms with Crippen molar-refractivity contribution >= 4 is 5.91 Å². The Morgan fingerprint density at radius 1 is 1.08 bits per heavy atom. The third-order valence-corrected chi connectivity index (χ3v) is 6.11. The van der Waals surface area contributed by atoms with E-state index in [1.807, 2.05) is 12.4 Å². The number of aromatic nitrogens is 1. The maximum atomic E-state index is 13.1. The number of rotatable bonds is 3. The first kappa shape index (κ1) is 16.0. The molecule has 3 fully saturated rings. The van der Waals surface area contributed by atoms with Crippen LogP contribution >= 0.6 is 0 Å². The highest BCUT2D eigenvalue weighted by atomic mass is 16.2. The molecule has 24 heavy (non-hydrogen) atoms. The third kappa shape index (κ3) is 3.07. The normalized spacial score (nSPS) is 31.5. The zero-order chi connectivity index (χ0) is 16.4. The predicted molar refractivity (Wildman–Crippen MR) is 93.2 cm³/mol. The number of amides is 1. The average molecular weight is 328 g/mol. The van der Waals surface area contributed by atoms with Crippen molar-refractivity contribution in [2.45, 2.75) is 62.9 Å². The Kier molecular flexibility index (Phi) is 4.81. The summed E-state index contributed by atoms with van der Waals surface area (Å²) in [7, 11) is 0. The summed E-state index contributed by atoms with van der Waals surface area (Å²) >= 11 is 0. The summed E-state index contributed by atoms with van der Waals surface area (Å²) in [5.74, 6) is 1.09. The number of likely N-dealkylation sites (tertiary alicyclic amines) is 1. The van der Waals surface area contributed by atoms with Crippen molar-refractivity contribution in [3.8, 4) is 0 Å². The van der Waals surface area contributed by atoms with E-state index in [1.165, 1.54) is 24.8 Å². The molecule has 3 heterocycles. The molecule has 5 heteroatoms. The summed E-state index contributed by atoms with van der Waals surface area (Å²) in [4.78, 5) is 19.4. The highest BCUT2D eigenvalue weighted by molar-refractivity contribution is 5.79. The van der Waals surface area contributed by atoms with E-state index in [0.29, 0.717) is 17.9 Å². The minimum atomic E-state index is 0.277. The molecule has 0 spiro atoms. The molecule has 1 saturated carbocycles. The van der Waals surface area contributed by atoms with Gasteiger partial charge in [0, 0.05) is 49.4 Å². The number of nitrogens with zero attached hydrogens (tertiary/aromatic N) is 2. The molecule has 5 nitrogen and oxygen atoms in total. The first-order chi connectivity index (χ1) is 11.8. The van der Waals surface area contributed by atoms with E-state index in [2.05, 4.69) is 32.9 Å². The molecular formula is C19H28N4O. The van der Waals surface area contributed by atoms with E-state index >= 15 is 0 Å².